The molecule has 4 nitrogen and oxygen atoms in total. The van der Waals surface area contributed by atoms with Crippen LogP contribution >= 0.6 is 0 Å². The zero-order valence-electron chi connectivity index (χ0n) is 5.91. The van der Waals surface area contributed by atoms with Gasteiger partial charge in [-0.25, -0.2) is 4.79 Å². The van der Waals surface area contributed by atoms with Crippen LogP contribution in [0.3, 0.4) is 0 Å². The molecule has 1 N–H and O–H groups in total. The summed E-state index contributed by atoms with van der Waals surface area (Å²) in [6, 6.07) is 0. The van der Waals surface area contributed by atoms with E-state index in [1.165, 1.54) is 0 Å². The second-order valence-corrected chi connectivity index (χ2v) is 2.55. The average molecular weight is 145 g/mol. The van der Waals surface area contributed by atoms with Crippen LogP contribution < -0.4 is 0 Å². The lowest BCUT2D eigenvalue weighted by Crippen LogP contribution is -2.48. The molecular formula is C6H11NO3. The normalized spacial score (nSPS) is 18.4. The van der Waals surface area contributed by atoms with Crippen LogP contribution in [0.4, 0.5) is 4.79 Å². The number of likely N-dealkylation sites (tertiary alicyclic amines) is 1. The summed E-state index contributed by atoms with van der Waals surface area (Å²) in [6.07, 6.45) is -0.416. The van der Waals surface area contributed by atoms with Gasteiger partial charge in [0.2, 0.25) is 0 Å². The van der Waals surface area contributed by atoms with Gasteiger partial charge < -0.3 is 14.7 Å². The minimum absolute atomic E-state index is 0.416. The first-order chi connectivity index (χ1) is 4.74. The Morgan fingerprint density at radius 1 is 1.80 bits per heavy atom. The van der Waals surface area contributed by atoms with E-state index in [0.29, 0.717) is 5.92 Å². The third kappa shape index (κ3) is 1.39. The molecule has 58 valence electrons. The molecule has 4 heteroatoms. The lowest BCUT2D eigenvalue weighted by atomic mass is 10.0. The van der Waals surface area contributed by atoms with E-state index in [2.05, 4.69) is 11.7 Å². The van der Waals surface area contributed by atoms with Gasteiger partial charge in [0.15, 0.2) is 6.79 Å². The highest BCUT2D eigenvalue weighted by atomic mass is 16.6. The van der Waals surface area contributed by atoms with E-state index in [0.717, 1.165) is 13.1 Å². The number of hydrogen-bond donors (Lipinski definition) is 1. The minimum atomic E-state index is -0.524. The summed E-state index contributed by atoms with van der Waals surface area (Å²) in [6.45, 7) is 3.03. The van der Waals surface area contributed by atoms with Crippen molar-refractivity contribution in [2.24, 2.45) is 5.92 Å². The fraction of sp³-hybridized carbons (Fsp3) is 0.833. The molecule has 1 heterocycles. The summed E-state index contributed by atoms with van der Waals surface area (Å²) in [7, 11) is 0. The predicted molar refractivity (Wildman–Crippen MR) is 34.3 cm³/mol. The molecule has 0 spiro atoms. The molecule has 0 saturated carbocycles. The van der Waals surface area contributed by atoms with Crippen molar-refractivity contribution in [3.05, 3.63) is 0 Å². The van der Waals surface area contributed by atoms with Gasteiger partial charge in [0.05, 0.1) is 0 Å². The fourth-order valence-electron chi connectivity index (χ4n) is 0.995. The van der Waals surface area contributed by atoms with Crippen LogP contribution in [0, 0.1) is 5.92 Å². The second kappa shape index (κ2) is 2.88. The maximum Gasteiger partial charge on any atom is 0.411 e. The fourth-order valence-corrected chi connectivity index (χ4v) is 0.995. The van der Waals surface area contributed by atoms with Crippen molar-refractivity contribution in [3.8, 4) is 0 Å². The maximum atomic E-state index is 10.7. The molecule has 0 bridgehead atoms. The topological polar surface area (TPSA) is 49.8 Å². The first-order valence-electron chi connectivity index (χ1n) is 3.26. The van der Waals surface area contributed by atoms with Gasteiger partial charge in [-0.15, -0.1) is 0 Å². The molecule has 0 aliphatic carbocycles. The number of aliphatic hydroxyl groups excluding tert-OH is 1. The molecule has 0 radical (unpaired) electrons. The quantitative estimate of drug-likeness (QED) is 0.529. The number of nitrogens with zero attached hydrogens (tertiary/aromatic N) is 1. The first-order valence-corrected chi connectivity index (χ1v) is 3.26. The van der Waals surface area contributed by atoms with E-state index in [1.54, 1.807) is 4.90 Å². The second-order valence-electron chi connectivity index (χ2n) is 2.55. The molecule has 1 fully saturated rings. The van der Waals surface area contributed by atoms with Crippen molar-refractivity contribution in [2.45, 2.75) is 6.92 Å². The van der Waals surface area contributed by atoms with Gasteiger partial charge in [0.25, 0.3) is 0 Å². The Kier molecular flexibility index (Phi) is 2.11. The van der Waals surface area contributed by atoms with E-state index in [1.807, 2.05) is 0 Å². The first kappa shape index (κ1) is 7.34. The number of rotatable bonds is 1. The number of ether oxygens (including phenoxy) is 1. The van der Waals surface area contributed by atoms with Crippen LogP contribution in [0.5, 0.6) is 0 Å². The summed E-state index contributed by atoms with van der Waals surface area (Å²) < 4.78 is 4.34. The van der Waals surface area contributed by atoms with Gasteiger partial charge in [-0.2, -0.15) is 0 Å². The van der Waals surface area contributed by atoms with Gasteiger partial charge in [0, 0.05) is 13.1 Å². The van der Waals surface area contributed by atoms with Gasteiger partial charge in [0.1, 0.15) is 0 Å². The molecule has 1 aliphatic rings. The molecule has 0 aromatic rings. The van der Waals surface area contributed by atoms with Crippen LogP contribution in [0.15, 0.2) is 0 Å². The van der Waals surface area contributed by atoms with Crippen LogP contribution in [-0.4, -0.2) is 36.0 Å². The zero-order valence-corrected chi connectivity index (χ0v) is 5.91. The summed E-state index contributed by atoms with van der Waals surface area (Å²) in [5.74, 6) is 0.575. The van der Waals surface area contributed by atoms with Gasteiger partial charge >= 0.3 is 6.09 Å². The molecule has 10 heavy (non-hydrogen) atoms. The highest BCUT2D eigenvalue weighted by molar-refractivity contribution is 5.68. The van der Waals surface area contributed by atoms with Crippen LogP contribution in [0.1, 0.15) is 6.92 Å². The van der Waals surface area contributed by atoms with Crippen molar-refractivity contribution in [3.63, 3.8) is 0 Å². The number of carbonyl (C=O) groups excluding carboxylic acids is 1. The number of aliphatic hydroxyl groups is 1. The highest BCUT2D eigenvalue weighted by Gasteiger charge is 2.27. The number of carbonyl (C=O) groups is 1. The number of amides is 1. The Bertz CT molecular complexity index is 131. The van der Waals surface area contributed by atoms with Crippen molar-refractivity contribution in [1.82, 2.24) is 4.90 Å². The standard InChI is InChI=1S/C6H11NO3/c1-5-2-7(3-5)6(9)10-4-8/h5,8H,2-4H2,1H3. The van der Waals surface area contributed by atoms with E-state index < -0.39 is 12.9 Å². The Balaban J connectivity index is 2.18. The van der Waals surface area contributed by atoms with Gasteiger partial charge in [-0.05, 0) is 5.92 Å². The molecule has 1 saturated heterocycles. The van der Waals surface area contributed by atoms with Crippen LogP contribution in [0.2, 0.25) is 0 Å². The molecule has 0 aromatic heterocycles. The Morgan fingerprint density at radius 3 is 2.80 bits per heavy atom. The Hall–Kier alpha value is -0.770. The van der Waals surface area contributed by atoms with Gasteiger partial charge in [-0.1, -0.05) is 6.92 Å². The smallest absolute Gasteiger partial charge is 0.411 e. The van der Waals surface area contributed by atoms with Crippen LogP contribution in [0.25, 0.3) is 0 Å². The average Bonchev–Trinajstić information content (AvgIpc) is 1.82. The zero-order chi connectivity index (χ0) is 7.56. The van der Waals surface area contributed by atoms with E-state index in [9.17, 15) is 4.79 Å². The lowest BCUT2D eigenvalue weighted by Gasteiger charge is -2.35. The molecule has 0 unspecified atom stereocenters. The van der Waals surface area contributed by atoms with E-state index in [-0.39, 0.29) is 0 Å². The molecule has 1 rings (SSSR count). The molecule has 0 aromatic carbocycles. The summed E-state index contributed by atoms with van der Waals surface area (Å²) in [5, 5.41) is 8.20. The molecular weight excluding hydrogens is 134 g/mol. The minimum Gasteiger partial charge on any atom is -0.422 e. The Labute approximate surface area is 59.4 Å². The van der Waals surface area contributed by atoms with Crippen molar-refractivity contribution in [1.29, 1.82) is 0 Å². The highest BCUT2D eigenvalue weighted by Crippen LogP contribution is 2.14. The summed E-state index contributed by atoms with van der Waals surface area (Å²) in [4.78, 5) is 12.3. The molecule has 1 amide bonds. The third-order valence-corrected chi connectivity index (χ3v) is 1.51. The van der Waals surface area contributed by atoms with E-state index in [4.69, 9.17) is 5.11 Å². The van der Waals surface area contributed by atoms with Gasteiger partial charge in [-0.3, -0.25) is 0 Å². The van der Waals surface area contributed by atoms with Crippen molar-refractivity contribution in [2.75, 3.05) is 19.9 Å². The largest absolute Gasteiger partial charge is 0.422 e. The lowest BCUT2D eigenvalue weighted by molar-refractivity contribution is 0.00203. The Morgan fingerprint density at radius 2 is 2.40 bits per heavy atom. The summed E-state index contributed by atoms with van der Waals surface area (Å²) >= 11 is 0. The van der Waals surface area contributed by atoms with Crippen molar-refractivity contribution >= 4 is 6.09 Å². The monoisotopic (exact) mass is 145 g/mol. The number of hydrogen-bond acceptors (Lipinski definition) is 3. The van der Waals surface area contributed by atoms with Crippen molar-refractivity contribution < 1.29 is 14.6 Å². The summed E-state index contributed by atoms with van der Waals surface area (Å²) in [5.41, 5.74) is 0. The van der Waals surface area contributed by atoms with E-state index >= 15 is 0 Å². The molecule has 0 atom stereocenters. The maximum absolute atomic E-state index is 10.7. The third-order valence-electron chi connectivity index (χ3n) is 1.51. The predicted octanol–water partition coefficient (Wildman–Crippen LogP) is 0.0245. The molecule has 1 aliphatic heterocycles. The van der Waals surface area contributed by atoms with Crippen LogP contribution in [-0.2, 0) is 4.74 Å². The SMILES string of the molecule is CC1CN(C(=O)OCO)C1.